The number of carboxylic acid groups (broad SMARTS) is 1. The topological polar surface area (TPSA) is 59.4 Å². The second kappa shape index (κ2) is 9.05. The van der Waals surface area contributed by atoms with Crippen LogP contribution in [-0.4, -0.2) is 16.1 Å². The molecule has 148 valence electrons. The molecule has 4 aromatic rings. The minimum atomic E-state index is -0.832. The SMILES string of the molecule is O=C(O)Cc1ccccc1/C=C/c1ccc(COc2ccc3ccccc3n2)cc1. The van der Waals surface area contributed by atoms with Crippen LogP contribution in [0.15, 0.2) is 84.9 Å². The third-order valence-electron chi connectivity index (χ3n) is 4.79. The summed E-state index contributed by atoms with van der Waals surface area (Å²) in [7, 11) is 0. The number of carboxylic acids is 1. The molecule has 4 nitrogen and oxygen atoms in total. The molecular weight excluding hydrogens is 374 g/mol. The van der Waals surface area contributed by atoms with E-state index in [-0.39, 0.29) is 6.42 Å². The number of carbonyl (C=O) groups is 1. The second-order valence-electron chi connectivity index (χ2n) is 6.98. The van der Waals surface area contributed by atoms with Crippen molar-refractivity contribution in [3.8, 4) is 5.88 Å². The number of para-hydroxylation sites is 1. The van der Waals surface area contributed by atoms with Gasteiger partial charge in [-0.25, -0.2) is 4.98 Å². The summed E-state index contributed by atoms with van der Waals surface area (Å²) >= 11 is 0. The fraction of sp³-hybridized carbons (Fsp3) is 0.0769. The second-order valence-corrected chi connectivity index (χ2v) is 6.98. The van der Waals surface area contributed by atoms with Crippen molar-refractivity contribution in [3.05, 3.63) is 107 Å². The summed E-state index contributed by atoms with van der Waals surface area (Å²) in [5.74, 6) is -0.228. The van der Waals surface area contributed by atoms with Crippen molar-refractivity contribution in [2.45, 2.75) is 13.0 Å². The number of hydrogen-bond acceptors (Lipinski definition) is 3. The summed E-state index contributed by atoms with van der Waals surface area (Å²) in [5, 5.41) is 10.1. The van der Waals surface area contributed by atoms with Crippen LogP contribution in [0.4, 0.5) is 0 Å². The van der Waals surface area contributed by atoms with Gasteiger partial charge in [-0.3, -0.25) is 4.79 Å². The fourth-order valence-electron chi connectivity index (χ4n) is 3.22. The molecule has 3 aromatic carbocycles. The van der Waals surface area contributed by atoms with Crippen LogP contribution >= 0.6 is 0 Å². The Morgan fingerprint density at radius 3 is 2.47 bits per heavy atom. The zero-order chi connectivity index (χ0) is 20.8. The van der Waals surface area contributed by atoms with E-state index in [0.717, 1.165) is 33.2 Å². The highest BCUT2D eigenvalue weighted by Crippen LogP contribution is 2.18. The first-order chi connectivity index (χ1) is 14.7. The molecule has 1 heterocycles. The molecule has 4 heteroatoms. The maximum atomic E-state index is 11.0. The average Bonchev–Trinajstić information content (AvgIpc) is 2.77. The van der Waals surface area contributed by atoms with E-state index in [9.17, 15) is 4.79 Å². The van der Waals surface area contributed by atoms with Crippen LogP contribution in [-0.2, 0) is 17.8 Å². The van der Waals surface area contributed by atoms with E-state index in [1.807, 2.05) is 97.1 Å². The molecule has 4 rings (SSSR count). The lowest BCUT2D eigenvalue weighted by Crippen LogP contribution is -2.01. The van der Waals surface area contributed by atoms with Gasteiger partial charge in [0.2, 0.25) is 5.88 Å². The van der Waals surface area contributed by atoms with Gasteiger partial charge >= 0.3 is 5.97 Å². The van der Waals surface area contributed by atoms with Crippen LogP contribution in [0.1, 0.15) is 22.3 Å². The summed E-state index contributed by atoms with van der Waals surface area (Å²) in [6, 6.07) is 27.4. The number of fused-ring (bicyclic) bond motifs is 1. The van der Waals surface area contributed by atoms with Crippen LogP contribution in [0.2, 0.25) is 0 Å². The van der Waals surface area contributed by atoms with Crippen molar-refractivity contribution < 1.29 is 14.6 Å². The predicted octanol–water partition coefficient (Wildman–Crippen LogP) is 5.61. The van der Waals surface area contributed by atoms with Gasteiger partial charge in [0.1, 0.15) is 6.61 Å². The average molecular weight is 395 g/mol. The molecule has 1 aromatic heterocycles. The Kier molecular flexibility index (Phi) is 5.85. The van der Waals surface area contributed by atoms with Gasteiger partial charge in [-0.2, -0.15) is 0 Å². The van der Waals surface area contributed by atoms with E-state index in [1.165, 1.54) is 0 Å². The number of pyridine rings is 1. The van der Waals surface area contributed by atoms with Crippen LogP contribution in [0, 0.1) is 0 Å². The number of nitrogens with zero attached hydrogens (tertiary/aromatic N) is 1. The molecule has 0 aliphatic heterocycles. The molecule has 0 amide bonds. The Morgan fingerprint density at radius 1 is 0.867 bits per heavy atom. The van der Waals surface area contributed by atoms with Gasteiger partial charge in [0, 0.05) is 11.5 Å². The molecule has 30 heavy (non-hydrogen) atoms. The minimum absolute atomic E-state index is 0.0135. The Labute approximate surface area is 175 Å². The highest BCUT2D eigenvalue weighted by atomic mass is 16.5. The van der Waals surface area contributed by atoms with Gasteiger partial charge in [-0.15, -0.1) is 0 Å². The number of ether oxygens (including phenoxy) is 1. The van der Waals surface area contributed by atoms with Gasteiger partial charge in [-0.1, -0.05) is 78.9 Å². The monoisotopic (exact) mass is 395 g/mol. The Balaban J connectivity index is 1.40. The number of rotatable bonds is 7. The van der Waals surface area contributed by atoms with E-state index >= 15 is 0 Å². The maximum Gasteiger partial charge on any atom is 0.307 e. The molecule has 0 spiro atoms. The van der Waals surface area contributed by atoms with Crippen LogP contribution in [0.25, 0.3) is 23.1 Å². The van der Waals surface area contributed by atoms with E-state index in [4.69, 9.17) is 9.84 Å². The molecule has 1 N–H and O–H groups in total. The van der Waals surface area contributed by atoms with Gasteiger partial charge < -0.3 is 9.84 Å². The van der Waals surface area contributed by atoms with E-state index < -0.39 is 5.97 Å². The molecule has 0 aliphatic rings. The molecule has 0 saturated heterocycles. The Hall–Kier alpha value is -3.92. The number of aliphatic carboxylic acids is 1. The summed E-state index contributed by atoms with van der Waals surface area (Å²) in [6.45, 7) is 0.441. The Morgan fingerprint density at radius 2 is 1.63 bits per heavy atom. The molecule has 0 radical (unpaired) electrons. The fourth-order valence-corrected chi connectivity index (χ4v) is 3.22. The number of benzene rings is 3. The first-order valence-electron chi connectivity index (χ1n) is 9.73. The van der Waals surface area contributed by atoms with Crippen molar-refractivity contribution in [1.82, 2.24) is 4.98 Å². The molecule has 0 unspecified atom stereocenters. The Bertz CT molecular complexity index is 1200. The summed E-state index contributed by atoms with van der Waals surface area (Å²) < 4.78 is 5.84. The highest BCUT2D eigenvalue weighted by molar-refractivity contribution is 5.79. The summed E-state index contributed by atoms with van der Waals surface area (Å²) in [6.07, 6.45) is 3.94. The third kappa shape index (κ3) is 4.92. The van der Waals surface area contributed by atoms with E-state index in [0.29, 0.717) is 12.5 Å². The molecule has 0 aliphatic carbocycles. The van der Waals surface area contributed by atoms with Crippen molar-refractivity contribution in [1.29, 1.82) is 0 Å². The molecule has 0 atom stereocenters. The lowest BCUT2D eigenvalue weighted by Gasteiger charge is -2.07. The molecule has 0 saturated carbocycles. The summed E-state index contributed by atoms with van der Waals surface area (Å²) in [4.78, 5) is 15.5. The van der Waals surface area contributed by atoms with Crippen molar-refractivity contribution in [2.24, 2.45) is 0 Å². The maximum absolute atomic E-state index is 11.0. The lowest BCUT2D eigenvalue weighted by atomic mass is 10.0. The lowest BCUT2D eigenvalue weighted by molar-refractivity contribution is -0.136. The van der Waals surface area contributed by atoms with Crippen LogP contribution < -0.4 is 4.74 Å². The van der Waals surface area contributed by atoms with Crippen LogP contribution in [0.3, 0.4) is 0 Å². The van der Waals surface area contributed by atoms with E-state index in [1.54, 1.807) is 0 Å². The quantitative estimate of drug-likeness (QED) is 0.413. The number of hydrogen-bond donors (Lipinski definition) is 1. The first-order valence-corrected chi connectivity index (χ1v) is 9.73. The molecule has 0 bridgehead atoms. The number of aromatic nitrogens is 1. The van der Waals surface area contributed by atoms with Gasteiger partial charge in [-0.05, 0) is 34.4 Å². The molecule has 0 fully saturated rings. The normalized spacial score (nSPS) is 11.1. The van der Waals surface area contributed by atoms with E-state index in [2.05, 4.69) is 4.98 Å². The van der Waals surface area contributed by atoms with Crippen molar-refractivity contribution in [2.75, 3.05) is 0 Å². The van der Waals surface area contributed by atoms with Crippen molar-refractivity contribution >= 4 is 29.0 Å². The van der Waals surface area contributed by atoms with Gasteiger partial charge in [0.15, 0.2) is 0 Å². The zero-order valence-electron chi connectivity index (χ0n) is 16.4. The smallest absolute Gasteiger partial charge is 0.307 e. The zero-order valence-corrected chi connectivity index (χ0v) is 16.4. The van der Waals surface area contributed by atoms with Crippen molar-refractivity contribution in [3.63, 3.8) is 0 Å². The highest BCUT2D eigenvalue weighted by Gasteiger charge is 2.04. The molecular formula is C26H21NO3. The van der Waals surface area contributed by atoms with Crippen LogP contribution in [0.5, 0.6) is 5.88 Å². The van der Waals surface area contributed by atoms with Gasteiger partial charge in [0.25, 0.3) is 0 Å². The largest absolute Gasteiger partial charge is 0.481 e. The van der Waals surface area contributed by atoms with Gasteiger partial charge in [0.05, 0.1) is 11.9 Å². The predicted molar refractivity (Wildman–Crippen MR) is 119 cm³/mol. The minimum Gasteiger partial charge on any atom is -0.481 e. The standard InChI is InChI=1S/C26H21NO3/c28-26(29)17-23-7-2-1-5-21(23)14-13-19-9-11-20(12-10-19)18-30-25-16-15-22-6-3-4-8-24(22)27-25/h1-16H,17-18H2,(H,28,29)/b14-13+. The first kappa shape index (κ1) is 19.4. The summed E-state index contributed by atoms with van der Waals surface area (Å²) in [5.41, 5.74) is 4.71. The third-order valence-corrected chi connectivity index (χ3v) is 4.79.